The van der Waals surface area contributed by atoms with Gasteiger partial charge in [-0.3, -0.25) is 4.90 Å². The number of nitrogens with zero attached hydrogens (tertiary/aromatic N) is 1. The van der Waals surface area contributed by atoms with Gasteiger partial charge in [0.1, 0.15) is 0 Å². The summed E-state index contributed by atoms with van der Waals surface area (Å²) in [6, 6.07) is 8.67. The van der Waals surface area contributed by atoms with Gasteiger partial charge in [-0.15, -0.1) is 0 Å². The summed E-state index contributed by atoms with van der Waals surface area (Å²) in [5.74, 6) is 0. The van der Waals surface area contributed by atoms with Crippen LogP contribution in [0.4, 0.5) is 0 Å². The van der Waals surface area contributed by atoms with Gasteiger partial charge in [0.05, 0.1) is 12.1 Å². The molecule has 0 aromatic heterocycles. The number of aryl methyl sites for hydroxylation is 1. The van der Waals surface area contributed by atoms with E-state index in [0.29, 0.717) is 0 Å². The fourth-order valence-electron chi connectivity index (χ4n) is 2.67. The molecule has 1 N–H and O–H groups in total. The molecule has 2 rings (SSSR count). The maximum Gasteiger partial charge on any atom is 0.0708 e. The minimum Gasteiger partial charge on any atom is -0.391 e. The summed E-state index contributed by atoms with van der Waals surface area (Å²) in [4.78, 5) is 2.40. The highest BCUT2D eigenvalue weighted by Crippen LogP contribution is 2.28. The molecule has 2 heteroatoms. The predicted octanol–water partition coefficient (Wildman–Crippen LogP) is 2.51. The molecule has 2 nitrogen and oxygen atoms in total. The third kappa shape index (κ3) is 2.45. The van der Waals surface area contributed by atoms with Crippen LogP contribution in [0.25, 0.3) is 0 Å². The Morgan fingerprint density at radius 2 is 1.94 bits per heavy atom. The first kappa shape index (κ1) is 11.6. The molecule has 0 saturated carbocycles. The van der Waals surface area contributed by atoms with E-state index in [2.05, 4.69) is 36.1 Å². The average molecular weight is 219 g/mol. The van der Waals surface area contributed by atoms with Crippen molar-refractivity contribution in [2.75, 3.05) is 13.1 Å². The summed E-state index contributed by atoms with van der Waals surface area (Å²) in [6.07, 6.45) is 2.21. The van der Waals surface area contributed by atoms with Gasteiger partial charge in [0.25, 0.3) is 0 Å². The van der Waals surface area contributed by atoms with Gasteiger partial charge in [-0.25, -0.2) is 0 Å². The smallest absolute Gasteiger partial charge is 0.0708 e. The molecule has 1 aromatic rings. The second-order valence-corrected chi connectivity index (χ2v) is 4.84. The number of hydrogen-bond donors (Lipinski definition) is 1. The number of hydrogen-bond acceptors (Lipinski definition) is 2. The lowest BCUT2D eigenvalue weighted by molar-refractivity contribution is 0.0749. The molecule has 0 unspecified atom stereocenters. The lowest BCUT2D eigenvalue weighted by Crippen LogP contribution is -2.33. The van der Waals surface area contributed by atoms with Crippen molar-refractivity contribution in [1.82, 2.24) is 4.90 Å². The third-order valence-electron chi connectivity index (χ3n) is 3.37. The van der Waals surface area contributed by atoms with Gasteiger partial charge in [0, 0.05) is 0 Å². The zero-order valence-electron chi connectivity index (χ0n) is 10.2. The van der Waals surface area contributed by atoms with Crippen LogP contribution in [-0.4, -0.2) is 29.2 Å². The van der Waals surface area contributed by atoms with Gasteiger partial charge in [-0.2, -0.15) is 0 Å². The Balaban J connectivity index is 2.24. The SMILES string of the molecule is Cc1cccc([C@@H]([C@@H](C)O)N2CCCC2)c1. The van der Waals surface area contributed by atoms with E-state index in [1.165, 1.54) is 24.0 Å². The van der Waals surface area contributed by atoms with Gasteiger partial charge >= 0.3 is 0 Å². The Bertz CT molecular complexity index is 342. The molecule has 0 radical (unpaired) electrons. The second kappa shape index (κ2) is 4.98. The van der Waals surface area contributed by atoms with Crippen molar-refractivity contribution in [3.8, 4) is 0 Å². The summed E-state index contributed by atoms with van der Waals surface area (Å²) in [6.45, 7) is 6.23. The molecule has 88 valence electrons. The van der Waals surface area contributed by atoms with Crippen LogP contribution in [0.3, 0.4) is 0 Å². The number of rotatable bonds is 3. The lowest BCUT2D eigenvalue weighted by Gasteiger charge is -2.30. The zero-order chi connectivity index (χ0) is 11.5. The molecular formula is C14H21NO. The molecule has 2 atom stereocenters. The van der Waals surface area contributed by atoms with Crippen LogP contribution >= 0.6 is 0 Å². The van der Waals surface area contributed by atoms with Crippen LogP contribution in [0.1, 0.15) is 36.9 Å². The van der Waals surface area contributed by atoms with Crippen LogP contribution in [0, 0.1) is 6.92 Å². The van der Waals surface area contributed by atoms with E-state index in [-0.39, 0.29) is 12.1 Å². The average Bonchev–Trinajstić information content (AvgIpc) is 2.71. The fourth-order valence-corrected chi connectivity index (χ4v) is 2.67. The third-order valence-corrected chi connectivity index (χ3v) is 3.37. The molecule has 0 bridgehead atoms. The monoisotopic (exact) mass is 219 g/mol. The van der Waals surface area contributed by atoms with E-state index in [1.54, 1.807) is 0 Å². The number of benzene rings is 1. The maximum absolute atomic E-state index is 9.98. The van der Waals surface area contributed by atoms with E-state index in [0.717, 1.165) is 13.1 Å². The Labute approximate surface area is 97.9 Å². The largest absolute Gasteiger partial charge is 0.391 e. The topological polar surface area (TPSA) is 23.5 Å². The molecule has 0 amide bonds. The molecule has 1 aliphatic heterocycles. The second-order valence-electron chi connectivity index (χ2n) is 4.84. The summed E-state index contributed by atoms with van der Waals surface area (Å²) in [7, 11) is 0. The first-order valence-corrected chi connectivity index (χ1v) is 6.17. The van der Waals surface area contributed by atoms with E-state index in [9.17, 15) is 5.11 Å². The molecule has 0 spiro atoms. The molecule has 0 aliphatic carbocycles. The quantitative estimate of drug-likeness (QED) is 0.844. The van der Waals surface area contributed by atoms with Crippen molar-refractivity contribution in [3.05, 3.63) is 35.4 Å². The maximum atomic E-state index is 9.98. The highest BCUT2D eigenvalue weighted by atomic mass is 16.3. The highest BCUT2D eigenvalue weighted by Gasteiger charge is 2.26. The Hall–Kier alpha value is -0.860. The van der Waals surface area contributed by atoms with Crippen LogP contribution in [0.2, 0.25) is 0 Å². The first-order valence-electron chi connectivity index (χ1n) is 6.17. The number of likely N-dealkylation sites (tertiary alicyclic amines) is 1. The van der Waals surface area contributed by atoms with Crippen LogP contribution < -0.4 is 0 Å². The highest BCUT2D eigenvalue weighted by molar-refractivity contribution is 5.26. The molecule has 1 saturated heterocycles. The van der Waals surface area contributed by atoms with Crippen LogP contribution in [0.5, 0.6) is 0 Å². The Morgan fingerprint density at radius 1 is 1.25 bits per heavy atom. The molecule has 1 aromatic carbocycles. The zero-order valence-corrected chi connectivity index (χ0v) is 10.2. The van der Waals surface area contributed by atoms with Crippen LogP contribution in [-0.2, 0) is 0 Å². The first-order chi connectivity index (χ1) is 7.68. The summed E-state index contributed by atoms with van der Waals surface area (Å²) >= 11 is 0. The van der Waals surface area contributed by atoms with E-state index < -0.39 is 0 Å². The molecule has 16 heavy (non-hydrogen) atoms. The summed E-state index contributed by atoms with van der Waals surface area (Å²) in [5, 5.41) is 9.98. The van der Waals surface area contributed by atoms with Crippen molar-refractivity contribution in [2.24, 2.45) is 0 Å². The van der Waals surface area contributed by atoms with Gasteiger partial charge < -0.3 is 5.11 Å². The summed E-state index contributed by atoms with van der Waals surface area (Å²) < 4.78 is 0. The predicted molar refractivity (Wildman–Crippen MR) is 66.4 cm³/mol. The van der Waals surface area contributed by atoms with Crippen molar-refractivity contribution >= 4 is 0 Å². The van der Waals surface area contributed by atoms with Crippen molar-refractivity contribution in [3.63, 3.8) is 0 Å². The minimum atomic E-state index is -0.306. The standard InChI is InChI=1S/C14H21NO/c1-11-6-5-7-13(10-11)14(12(2)16)15-8-3-4-9-15/h5-7,10,12,14,16H,3-4,8-9H2,1-2H3/t12-,14-/m1/s1. The molecule has 1 aliphatic rings. The van der Waals surface area contributed by atoms with Gasteiger partial charge in [-0.05, 0) is 45.3 Å². The minimum absolute atomic E-state index is 0.169. The van der Waals surface area contributed by atoms with E-state index >= 15 is 0 Å². The Morgan fingerprint density at radius 3 is 2.50 bits per heavy atom. The normalized spacial score (nSPS) is 20.9. The van der Waals surface area contributed by atoms with Crippen molar-refractivity contribution in [2.45, 2.75) is 38.8 Å². The fraction of sp³-hybridized carbons (Fsp3) is 0.571. The van der Waals surface area contributed by atoms with Crippen LogP contribution in [0.15, 0.2) is 24.3 Å². The molecule has 1 fully saturated rings. The van der Waals surface area contributed by atoms with Gasteiger partial charge in [0.2, 0.25) is 0 Å². The van der Waals surface area contributed by atoms with Crippen molar-refractivity contribution < 1.29 is 5.11 Å². The van der Waals surface area contributed by atoms with Crippen molar-refractivity contribution in [1.29, 1.82) is 0 Å². The molecule has 1 heterocycles. The lowest BCUT2D eigenvalue weighted by atomic mass is 9.99. The number of aliphatic hydroxyl groups excluding tert-OH is 1. The van der Waals surface area contributed by atoms with E-state index in [4.69, 9.17) is 0 Å². The number of aliphatic hydroxyl groups is 1. The van der Waals surface area contributed by atoms with E-state index in [1.807, 2.05) is 6.92 Å². The Kier molecular flexibility index (Phi) is 3.62. The molecular weight excluding hydrogens is 198 g/mol. The summed E-state index contributed by atoms with van der Waals surface area (Å²) in [5.41, 5.74) is 2.51. The van der Waals surface area contributed by atoms with Gasteiger partial charge in [-0.1, -0.05) is 29.8 Å². The van der Waals surface area contributed by atoms with Gasteiger partial charge in [0.15, 0.2) is 0 Å².